The molecule has 4 nitrogen and oxygen atoms in total. The Labute approximate surface area is 266 Å². The van der Waals surface area contributed by atoms with Crippen molar-refractivity contribution in [2.45, 2.75) is 126 Å². The van der Waals surface area contributed by atoms with E-state index in [9.17, 15) is 4.79 Å². The summed E-state index contributed by atoms with van der Waals surface area (Å²) in [6.07, 6.45) is 16.5. The smallest absolute Gasteiger partial charge is 0.226 e. The van der Waals surface area contributed by atoms with Gasteiger partial charge in [0.2, 0.25) is 5.91 Å². The molecule has 0 radical (unpaired) electrons. The van der Waals surface area contributed by atoms with Gasteiger partial charge in [-0.3, -0.25) is 4.79 Å². The van der Waals surface area contributed by atoms with Crippen LogP contribution in [0.25, 0.3) is 11.3 Å². The van der Waals surface area contributed by atoms with E-state index in [1.54, 1.807) is 5.57 Å². The zero-order chi connectivity index (χ0) is 31.2. The van der Waals surface area contributed by atoms with Crippen LogP contribution in [0.2, 0.25) is 0 Å². The van der Waals surface area contributed by atoms with E-state index in [4.69, 9.17) is 4.52 Å². The lowest BCUT2D eigenvalue weighted by atomic mass is 9.34. The van der Waals surface area contributed by atoms with Crippen molar-refractivity contribution in [1.29, 1.82) is 0 Å². The standard InChI is InChI=1S/C40H56N2O2/c1-35(2)17-11-18-38(5)32(35)16-19-40(7)33(38)15-14-29-30-25-37(4,21-20-36(30,3)22-23-39(29,40)6)34(43)41-26-28-24-31(42-44-28)27-12-9-8-10-13-27/h8-10,12-14,24,30,32-33H,11,15-23,25-26H2,1-7H3,(H,41,43)/t30-,32?,33?,36+,37-,38-,39-,40+/m0/s1. The fraction of sp³-hybridized carbons (Fsp3) is 0.700. The Bertz CT molecular complexity index is 1460. The molecule has 1 aromatic heterocycles. The zero-order valence-electron chi connectivity index (χ0n) is 28.5. The monoisotopic (exact) mass is 596 g/mol. The molecular formula is C40H56N2O2. The summed E-state index contributed by atoms with van der Waals surface area (Å²) in [6, 6.07) is 12.0. The predicted molar refractivity (Wildman–Crippen MR) is 177 cm³/mol. The van der Waals surface area contributed by atoms with Gasteiger partial charge in [0.15, 0.2) is 5.76 Å². The number of rotatable bonds is 4. The van der Waals surface area contributed by atoms with Gasteiger partial charge in [-0.15, -0.1) is 0 Å². The van der Waals surface area contributed by atoms with Crippen LogP contribution < -0.4 is 5.32 Å². The highest BCUT2D eigenvalue weighted by molar-refractivity contribution is 5.82. The molecule has 8 atom stereocenters. The van der Waals surface area contributed by atoms with E-state index >= 15 is 0 Å². The Balaban J connectivity index is 1.12. The van der Waals surface area contributed by atoms with Crippen LogP contribution in [-0.4, -0.2) is 11.1 Å². The van der Waals surface area contributed by atoms with Gasteiger partial charge in [-0.25, -0.2) is 0 Å². The molecule has 1 heterocycles. The lowest BCUT2D eigenvalue weighted by Gasteiger charge is -2.71. The average Bonchev–Trinajstić information content (AvgIpc) is 3.46. The number of benzene rings is 1. The molecule has 0 bridgehead atoms. The van der Waals surface area contributed by atoms with Crippen molar-refractivity contribution in [3.05, 3.63) is 53.8 Å². The Kier molecular flexibility index (Phi) is 6.93. The fourth-order valence-corrected chi connectivity index (χ4v) is 12.2. The van der Waals surface area contributed by atoms with Gasteiger partial charge in [-0.05, 0) is 109 Å². The maximum Gasteiger partial charge on any atom is 0.226 e. The number of carbonyl (C=O) groups is 1. The summed E-state index contributed by atoms with van der Waals surface area (Å²) in [7, 11) is 0. The Morgan fingerprint density at radius 2 is 1.66 bits per heavy atom. The van der Waals surface area contributed by atoms with E-state index in [1.807, 2.05) is 36.4 Å². The highest BCUT2D eigenvalue weighted by Gasteiger charge is 2.67. The number of hydrogen-bond acceptors (Lipinski definition) is 3. The van der Waals surface area contributed by atoms with E-state index in [0.29, 0.717) is 34.5 Å². The van der Waals surface area contributed by atoms with Gasteiger partial charge in [0.05, 0.1) is 6.54 Å². The van der Waals surface area contributed by atoms with Gasteiger partial charge in [-0.2, -0.15) is 0 Å². The van der Waals surface area contributed by atoms with Gasteiger partial charge in [0, 0.05) is 17.0 Å². The number of nitrogens with zero attached hydrogens (tertiary/aromatic N) is 1. The molecule has 4 fully saturated rings. The van der Waals surface area contributed by atoms with Gasteiger partial charge >= 0.3 is 0 Å². The summed E-state index contributed by atoms with van der Waals surface area (Å²) >= 11 is 0. The summed E-state index contributed by atoms with van der Waals surface area (Å²) in [5, 5.41) is 7.52. The third kappa shape index (κ3) is 4.35. The SMILES string of the molecule is CC1(C)CCC[C@@]2(C)C1CC[C@]1(C)C2CC=C2[C@@H]3C[C@@](C)(C(=O)NCc4cc(-c5ccccc5)no4)CC[C@]3(C)CC[C@@]21C. The molecule has 7 rings (SSSR count). The van der Waals surface area contributed by atoms with Gasteiger partial charge < -0.3 is 9.84 Å². The summed E-state index contributed by atoms with van der Waals surface area (Å²) in [5.74, 6) is 2.95. The molecule has 1 amide bonds. The van der Waals surface area contributed by atoms with E-state index < -0.39 is 0 Å². The van der Waals surface area contributed by atoms with Crippen molar-refractivity contribution >= 4 is 5.91 Å². The highest BCUT2D eigenvalue weighted by Crippen LogP contribution is 2.75. The molecule has 1 N–H and O–H groups in total. The highest BCUT2D eigenvalue weighted by atomic mass is 16.5. The number of aromatic nitrogens is 1. The number of nitrogens with one attached hydrogen (secondary N) is 1. The largest absolute Gasteiger partial charge is 0.359 e. The second-order valence-corrected chi connectivity index (χ2v) is 17.8. The molecular weight excluding hydrogens is 540 g/mol. The molecule has 0 saturated heterocycles. The maximum atomic E-state index is 13.9. The fourth-order valence-electron chi connectivity index (χ4n) is 12.2. The zero-order valence-corrected chi connectivity index (χ0v) is 28.5. The van der Waals surface area contributed by atoms with E-state index in [0.717, 1.165) is 42.4 Å². The summed E-state index contributed by atoms with van der Waals surface area (Å²) in [5.41, 5.74) is 4.92. The number of carbonyl (C=O) groups excluding carboxylic acids is 1. The van der Waals surface area contributed by atoms with Crippen LogP contribution >= 0.6 is 0 Å². The summed E-state index contributed by atoms with van der Waals surface area (Å²) in [6.45, 7) is 18.3. The molecule has 4 heteroatoms. The topological polar surface area (TPSA) is 55.1 Å². The molecule has 5 aliphatic rings. The lowest BCUT2D eigenvalue weighted by Crippen LogP contribution is -2.63. The van der Waals surface area contributed by atoms with Gasteiger partial charge in [-0.1, -0.05) is 102 Å². The summed E-state index contributed by atoms with van der Waals surface area (Å²) < 4.78 is 5.62. The van der Waals surface area contributed by atoms with Crippen molar-refractivity contribution < 1.29 is 9.32 Å². The van der Waals surface area contributed by atoms with Crippen LogP contribution in [-0.2, 0) is 11.3 Å². The van der Waals surface area contributed by atoms with Gasteiger partial charge in [0.25, 0.3) is 0 Å². The minimum absolute atomic E-state index is 0.169. The van der Waals surface area contributed by atoms with Crippen LogP contribution in [0.4, 0.5) is 0 Å². The maximum absolute atomic E-state index is 13.9. The normalized spacial score (nSPS) is 42.6. The van der Waals surface area contributed by atoms with E-state index in [-0.39, 0.29) is 22.2 Å². The molecule has 2 unspecified atom stereocenters. The third-order valence-corrected chi connectivity index (χ3v) is 15.2. The first kappa shape index (κ1) is 30.3. The van der Waals surface area contributed by atoms with Crippen molar-refractivity contribution in [1.82, 2.24) is 10.5 Å². The number of amides is 1. The number of fused-ring (bicyclic) bond motifs is 7. The number of allylic oxidation sites excluding steroid dienone is 2. The first-order valence-corrected chi connectivity index (χ1v) is 17.7. The van der Waals surface area contributed by atoms with Crippen LogP contribution in [0.1, 0.15) is 125 Å². The van der Waals surface area contributed by atoms with Gasteiger partial charge in [0.1, 0.15) is 5.69 Å². The second-order valence-electron chi connectivity index (χ2n) is 17.8. The third-order valence-electron chi connectivity index (χ3n) is 15.2. The molecule has 0 spiro atoms. The van der Waals surface area contributed by atoms with E-state index in [2.05, 4.69) is 65.0 Å². The Morgan fingerprint density at radius 1 is 0.909 bits per heavy atom. The predicted octanol–water partition coefficient (Wildman–Crippen LogP) is 10.1. The second kappa shape index (κ2) is 10.1. The molecule has 238 valence electrons. The average molecular weight is 597 g/mol. The van der Waals surface area contributed by atoms with Crippen molar-refractivity contribution in [2.75, 3.05) is 0 Å². The first-order chi connectivity index (χ1) is 20.7. The molecule has 1 aromatic carbocycles. The molecule has 44 heavy (non-hydrogen) atoms. The Morgan fingerprint density at radius 3 is 2.43 bits per heavy atom. The minimum Gasteiger partial charge on any atom is -0.359 e. The summed E-state index contributed by atoms with van der Waals surface area (Å²) in [4.78, 5) is 13.9. The van der Waals surface area contributed by atoms with Crippen molar-refractivity contribution in [3.8, 4) is 11.3 Å². The Hall–Kier alpha value is -2.36. The number of hydrogen-bond donors (Lipinski definition) is 1. The minimum atomic E-state index is -0.375. The van der Waals surface area contributed by atoms with E-state index in [1.165, 1.54) is 51.4 Å². The molecule has 2 aromatic rings. The van der Waals surface area contributed by atoms with Crippen LogP contribution in [0.15, 0.2) is 52.6 Å². The van der Waals surface area contributed by atoms with Crippen LogP contribution in [0.3, 0.4) is 0 Å². The van der Waals surface area contributed by atoms with Crippen molar-refractivity contribution in [2.24, 2.45) is 50.2 Å². The van der Waals surface area contributed by atoms with Crippen LogP contribution in [0.5, 0.6) is 0 Å². The van der Waals surface area contributed by atoms with Crippen molar-refractivity contribution in [3.63, 3.8) is 0 Å². The quantitative estimate of drug-likeness (QED) is 0.357. The van der Waals surface area contributed by atoms with Crippen LogP contribution in [0, 0.1) is 50.2 Å². The molecule has 0 aliphatic heterocycles. The first-order valence-electron chi connectivity index (χ1n) is 17.7. The lowest BCUT2D eigenvalue weighted by molar-refractivity contribution is -0.180. The molecule has 5 aliphatic carbocycles. The molecule has 4 saturated carbocycles.